The maximum Gasteiger partial charge on any atom is 0.252 e. The highest BCUT2D eigenvalue weighted by molar-refractivity contribution is 8.00. The summed E-state index contributed by atoms with van der Waals surface area (Å²) >= 11 is 1.55. The number of nitrogens with one attached hydrogen (secondary N) is 2. The van der Waals surface area contributed by atoms with Crippen molar-refractivity contribution >= 4 is 29.3 Å². The Morgan fingerprint density at radius 1 is 1.23 bits per heavy atom. The number of thioether (sulfide) groups is 1. The largest absolute Gasteiger partial charge is 0.379 e. The molecule has 7 nitrogen and oxygen atoms in total. The Labute approximate surface area is 182 Å². The molecule has 2 fully saturated rings. The molecule has 3 aliphatic rings. The fourth-order valence-electron chi connectivity index (χ4n) is 4.61. The number of anilines is 1. The number of hydrogen-bond acceptors (Lipinski definition) is 6. The average molecular weight is 433 g/mol. The zero-order valence-corrected chi connectivity index (χ0v) is 18.7. The van der Waals surface area contributed by atoms with Crippen LogP contribution in [0.25, 0.3) is 0 Å². The number of ether oxygens (including phenoxy) is 1. The summed E-state index contributed by atoms with van der Waals surface area (Å²) in [5.74, 6) is -0.121. The van der Waals surface area contributed by atoms with Crippen LogP contribution in [0.3, 0.4) is 0 Å². The Morgan fingerprint density at radius 2 is 1.97 bits per heavy atom. The number of carbonyl (C=O) groups excluding carboxylic acids is 2. The lowest BCUT2D eigenvalue weighted by atomic mass is 9.98. The lowest BCUT2D eigenvalue weighted by Crippen LogP contribution is -2.48. The number of likely N-dealkylation sites (tertiary alicyclic amines) is 1. The molecular weight excluding hydrogens is 400 g/mol. The summed E-state index contributed by atoms with van der Waals surface area (Å²) < 4.78 is 5.39. The zero-order valence-electron chi connectivity index (χ0n) is 17.9. The Kier molecular flexibility index (Phi) is 6.98. The van der Waals surface area contributed by atoms with Gasteiger partial charge in [0, 0.05) is 48.7 Å². The van der Waals surface area contributed by atoms with Crippen molar-refractivity contribution in [3.05, 3.63) is 23.8 Å². The van der Waals surface area contributed by atoms with Gasteiger partial charge in [0.05, 0.1) is 18.9 Å². The van der Waals surface area contributed by atoms with Crippen molar-refractivity contribution in [3.63, 3.8) is 0 Å². The number of morpholine rings is 1. The lowest BCUT2D eigenvalue weighted by Gasteiger charge is -2.39. The first kappa shape index (κ1) is 21.6. The number of carbonyl (C=O) groups is 2. The lowest BCUT2D eigenvalue weighted by molar-refractivity contribution is -0.119. The predicted molar refractivity (Wildman–Crippen MR) is 119 cm³/mol. The monoisotopic (exact) mass is 432 g/mol. The Morgan fingerprint density at radius 3 is 2.70 bits per heavy atom. The van der Waals surface area contributed by atoms with Crippen LogP contribution in [0.1, 0.15) is 43.5 Å². The number of benzene rings is 1. The van der Waals surface area contributed by atoms with Crippen LogP contribution in [-0.4, -0.2) is 78.5 Å². The molecule has 0 spiro atoms. The molecule has 30 heavy (non-hydrogen) atoms. The minimum atomic E-state index is -0.241. The highest BCUT2D eigenvalue weighted by Gasteiger charge is 2.33. The Balaban J connectivity index is 1.34. The Bertz CT molecular complexity index is 774. The maximum absolute atomic E-state index is 12.7. The first-order chi connectivity index (χ1) is 14.5. The van der Waals surface area contributed by atoms with Crippen LogP contribution in [0.5, 0.6) is 0 Å². The third kappa shape index (κ3) is 4.82. The molecule has 3 aliphatic heterocycles. The first-order valence-electron chi connectivity index (χ1n) is 11.0. The van der Waals surface area contributed by atoms with Crippen LogP contribution in [0.4, 0.5) is 5.69 Å². The minimum absolute atomic E-state index is 0.0277. The third-order valence-corrected chi connectivity index (χ3v) is 7.72. The van der Waals surface area contributed by atoms with Crippen LogP contribution in [0.15, 0.2) is 23.1 Å². The average Bonchev–Trinajstić information content (AvgIpc) is 2.75. The molecule has 1 aromatic rings. The highest BCUT2D eigenvalue weighted by atomic mass is 32.2. The number of rotatable bonds is 5. The molecule has 8 heteroatoms. The quantitative estimate of drug-likeness (QED) is 0.744. The van der Waals surface area contributed by atoms with E-state index in [9.17, 15) is 9.59 Å². The normalized spacial score (nSPS) is 27.9. The van der Waals surface area contributed by atoms with Crippen molar-refractivity contribution in [2.75, 3.05) is 44.7 Å². The van der Waals surface area contributed by atoms with Gasteiger partial charge in [-0.1, -0.05) is 18.2 Å². The molecule has 3 heterocycles. The number of hydrogen-bond donors (Lipinski definition) is 2. The maximum atomic E-state index is 12.7. The van der Waals surface area contributed by atoms with E-state index in [0.29, 0.717) is 37.4 Å². The second-order valence-electron chi connectivity index (χ2n) is 8.44. The summed E-state index contributed by atoms with van der Waals surface area (Å²) in [5.41, 5.74) is 1.31. The van der Waals surface area contributed by atoms with Crippen molar-refractivity contribution in [1.29, 1.82) is 0 Å². The molecule has 0 unspecified atom stereocenters. The SMILES string of the molecule is C[C@@H]1CCC[C@@H](C)N1CCNC(=O)c1ccc2c(c1)NC(=O)[C@@H](N1CCOCC1)S2. The van der Waals surface area contributed by atoms with Crippen molar-refractivity contribution in [2.24, 2.45) is 0 Å². The predicted octanol–water partition coefficient (Wildman–Crippen LogP) is 2.38. The number of piperidine rings is 1. The van der Waals surface area contributed by atoms with Gasteiger partial charge in [0.15, 0.2) is 0 Å². The van der Waals surface area contributed by atoms with E-state index in [-0.39, 0.29) is 17.2 Å². The standard InChI is InChI=1S/C22H32N4O3S/c1-15-4-3-5-16(2)26(15)9-8-23-20(27)17-6-7-19-18(14-17)24-21(28)22(30-19)25-10-12-29-13-11-25/h6-7,14-16,22H,3-5,8-13H2,1-2H3,(H,23,27)(H,24,28)/t15-,16-,22+/m1/s1. The molecule has 4 rings (SSSR count). The second-order valence-corrected chi connectivity index (χ2v) is 9.56. The van der Waals surface area contributed by atoms with Gasteiger partial charge in [0.1, 0.15) is 5.37 Å². The van der Waals surface area contributed by atoms with Crippen LogP contribution in [-0.2, 0) is 9.53 Å². The fraction of sp³-hybridized carbons (Fsp3) is 0.636. The van der Waals surface area contributed by atoms with Gasteiger partial charge >= 0.3 is 0 Å². The molecule has 2 saturated heterocycles. The first-order valence-corrected chi connectivity index (χ1v) is 11.9. The fourth-order valence-corrected chi connectivity index (χ4v) is 5.76. The topological polar surface area (TPSA) is 73.9 Å². The smallest absolute Gasteiger partial charge is 0.252 e. The number of fused-ring (bicyclic) bond motifs is 1. The van der Waals surface area contributed by atoms with Gasteiger partial charge in [-0.15, -0.1) is 0 Å². The van der Waals surface area contributed by atoms with Crippen LogP contribution in [0.2, 0.25) is 0 Å². The van der Waals surface area contributed by atoms with Crippen LogP contribution in [0, 0.1) is 0 Å². The molecule has 0 aliphatic carbocycles. The molecular formula is C22H32N4O3S. The van der Waals surface area contributed by atoms with Crippen molar-refractivity contribution < 1.29 is 14.3 Å². The Hall–Kier alpha value is -1.61. The molecule has 0 aromatic heterocycles. The summed E-state index contributed by atoms with van der Waals surface area (Å²) in [7, 11) is 0. The van der Waals surface area contributed by atoms with Crippen molar-refractivity contribution in [1.82, 2.24) is 15.1 Å². The number of amides is 2. The molecule has 3 atom stereocenters. The molecule has 0 radical (unpaired) electrons. The second kappa shape index (κ2) is 9.68. The molecule has 0 bridgehead atoms. The van der Waals surface area contributed by atoms with Crippen LogP contribution >= 0.6 is 11.8 Å². The summed E-state index contributed by atoms with van der Waals surface area (Å²) in [6, 6.07) is 6.72. The minimum Gasteiger partial charge on any atom is -0.379 e. The highest BCUT2D eigenvalue weighted by Crippen LogP contribution is 2.37. The van der Waals surface area contributed by atoms with Gasteiger partial charge in [-0.2, -0.15) is 0 Å². The summed E-state index contributed by atoms with van der Waals surface area (Å²) in [4.78, 5) is 30.9. The van der Waals surface area contributed by atoms with E-state index in [1.54, 1.807) is 17.8 Å². The van der Waals surface area contributed by atoms with Crippen molar-refractivity contribution in [2.45, 2.75) is 55.5 Å². The molecule has 164 valence electrons. The van der Waals surface area contributed by atoms with E-state index in [0.717, 1.165) is 30.2 Å². The van der Waals surface area contributed by atoms with E-state index in [4.69, 9.17) is 4.74 Å². The van der Waals surface area contributed by atoms with Crippen molar-refractivity contribution in [3.8, 4) is 0 Å². The summed E-state index contributed by atoms with van der Waals surface area (Å²) in [6.07, 6.45) is 3.74. The molecule has 2 N–H and O–H groups in total. The van der Waals surface area contributed by atoms with E-state index in [1.165, 1.54) is 19.3 Å². The summed E-state index contributed by atoms with van der Waals surface area (Å²) in [6.45, 7) is 8.87. The zero-order chi connectivity index (χ0) is 21.1. The van der Waals surface area contributed by atoms with Crippen LogP contribution < -0.4 is 10.6 Å². The van der Waals surface area contributed by atoms with E-state index in [1.807, 2.05) is 12.1 Å². The van der Waals surface area contributed by atoms with Gasteiger partial charge in [0.25, 0.3) is 11.8 Å². The molecule has 1 aromatic carbocycles. The van der Waals surface area contributed by atoms with Gasteiger partial charge in [-0.3, -0.25) is 19.4 Å². The molecule has 2 amide bonds. The van der Waals surface area contributed by atoms with Gasteiger partial charge in [-0.05, 0) is 44.9 Å². The summed E-state index contributed by atoms with van der Waals surface area (Å²) in [5, 5.41) is 5.79. The van der Waals surface area contributed by atoms with Gasteiger partial charge in [0.2, 0.25) is 0 Å². The van der Waals surface area contributed by atoms with E-state index >= 15 is 0 Å². The van der Waals surface area contributed by atoms with Gasteiger partial charge in [-0.25, -0.2) is 0 Å². The van der Waals surface area contributed by atoms with E-state index in [2.05, 4.69) is 34.3 Å². The third-order valence-electron chi connectivity index (χ3n) is 6.37. The number of nitrogens with zero attached hydrogens (tertiary/aromatic N) is 2. The van der Waals surface area contributed by atoms with E-state index < -0.39 is 0 Å². The van der Waals surface area contributed by atoms with Gasteiger partial charge < -0.3 is 15.4 Å². The molecule has 0 saturated carbocycles.